The first-order valence-electron chi connectivity index (χ1n) is 4.73. The van der Waals surface area contributed by atoms with Crippen LogP contribution in [0.5, 0.6) is 0 Å². The van der Waals surface area contributed by atoms with Crippen LogP contribution in [0.25, 0.3) is 5.69 Å². The molecule has 4 heteroatoms. The molecule has 1 aromatic carbocycles. The highest BCUT2D eigenvalue weighted by Crippen LogP contribution is 2.20. The molecule has 0 bridgehead atoms. The van der Waals surface area contributed by atoms with Crippen molar-refractivity contribution in [2.24, 2.45) is 5.73 Å². The number of benzene rings is 1. The first-order valence-corrected chi connectivity index (χ1v) is 5.11. The Morgan fingerprint density at radius 2 is 2.13 bits per heavy atom. The summed E-state index contributed by atoms with van der Waals surface area (Å²) in [5, 5.41) is 4.90. The van der Waals surface area contributed by atoms with Crippen molar-refractivity contribution in [1.29, 1.82) is 0 Å². The largest absolute Gasteiger partial charge is 0.324 e. The molecule has 0 aliphatic carbocycles. The smallest absolute Gasteiger partial charge is 0.0831 e. The third kappa shape index (κ3) is 2.03. The number of para-hydroxylation sites is 1. The van der Waals surface area contributed by atoms with Gasteiger partial charge in [-0.3, -0.25) is 0 Å². The number of hydrogen-bond donors (Lipinski definition) is 1. The first kappa shape index (κ1) is 10.2. The third-order valence-corrected chi connectivity index (χ3v) is 2.55. The molecule has 1 heterocycles. The fraction of sp³-hybridized carbons (Fsp3) is 0.182. The highest BCUT2D eigenvalue weighted by atomic mass is 35.5. The Morgan fingerprint density at radius 3 is 2.73 bits per heavy atom. The van der Waals surface area contributed by atoms with E-state index in [1.807, 2.05) is 37.4 Å². The Bertz CT molecular complexity index is 462. The number of aromatic nitrogens is 2. The summed E-state index contributed by atoms with van der Waals surface area (Å²) in [7, 11) is 0. The predicted octanol–water partition coefficient (Wildman–Crippen LogP) is 2.55. The Balaban J connectivity index is 2.42. The summed E-state index contributed by atoms with van der Waals surface area (Å²) >= 11 is 6.06. The SMILES string of the molecule is CC(N)c1cnn(-c2ccccc2Cl)c1. The van der Waals surface area contributed by atoms with Gasteiger partial charge in [-0.25, -0.2) is 4.68 Å². The summed E-state index contributed by atoms with van der Waals surface area (Å²) in [6, 6.07) is 7.56. The van der Waals surface area contributed by atoms with Crippen molar-refractivity contribution in [2.75, 3.05) is 0 Å². The van der Waals surface area contributed by atoms with E-state index in [4.69, 9.17) is 17.3 Å². The highest BCUT2D eigenvalue weighted by Gasteiger charge is 2.06. The number of halogens is 1. The van der Waals surface area contributed by atoms with Gasteiger partial charge in [0.15, 0.2) is 0 Å². The molecule has 1 atom stereocenters. The number of hydrogen-bond acceptors (Lipinski definition) is 2. The maximum Gasteiger partial charge on any atom is 0.0831 e. The summed E-state index contributed by atoms with van der Waals surface area (Å²) in [4.78, 5) is 0. The van der Waals surface area contributed by atoms with E-state index >= 15 is 0 Å². The van der Waals surface area contributed by atoms with E-state index in [1.165, 1.54) is 0 Å². The number of nitrogens with zero attached hydrogens (tertiary/aromatic N) is 2. The first-order chi connectivity index (χ1) is 7.18. The topological polar surface area (TPSA) is 43.8 Å². The fourth-order valence-corrected chi connectivity index (χ4v) is 1.56. The van der Waals surface area contributed by atoms with Crippen LogP contribution in [0.2, 0.25) is 5.02 Å². The molecule has 78 valence electrons. The van der Waals surface area contributed by atoms with Gasteiger partial charge >= 0.3 is 0 Å². The van der Waals surface area contributed by atoms with Gasteiger partial charge in [0.2, 0.25) is 0 Å². The molecule has 0 aliphatic heterocycles. The normalized spacial score (nSPS) is 12.7. The molecule has 2 rings (SSSR count). The third-order valence-electron chi connectivity index (χ3n) is 2.23. The van der Waals surface area contributed by atoms with Gasteiger partial charge < -0.3 is 5.73 Å². The maximum atomic E-state index is 6.06. The lowest BCUT2D eigenvalue weighted by molar-refractivity contribution is 0.816. The monoisotopic (exact) mass is 221 g/mol. The quantitative estimate of drug-likeness (QED) is 0.847. The Hall–Kier alpha value is -1.32. The van der Waals surface area contributed by atoms with Gasteiger partial charge in [0.1, 0.15) is 0 Å². The Kier molecular flexibility index (Phi) is 2.75. The lowest BCUT2D eigenvalue weighted by atomic mass is 10.2. The van der Waals surface area contributed by atoms with Crippen LogP contribution in [-0.2, 0) is 0 Å². The molecule has 2 aromatic rings. The van der Waals surface area contributed by atoms with Gasteiger partial charge in [0.25, 0.3) is 0 Å². The molecular formula is C11H12ClN3. The van der Waals surface area contributed by atoms with Crippen molar-refractivity contribution in [3.63, 3.8) is 0 Å². The van der Waals surface area contributed by atoms with Crippen molar-refractivity contribution < 1.29 is 0 Å². The minimum Gasteiger partial charge on any atom is -0.324 e. The van der Waals surface area contributed by atoms with Gasteiger partial charge in [0.05, 0.1) is 16.9 Å². The van der Waals surface area contributed by atoms with E-state index in [0.717, 1.165) is 11.3 Å². The van der Waals surface area contributed by atoms with E-state index in [1.54, 1.807) is 10.9 Å². The molecule has 0 saturated heterocycles. The molecule has 0 fully saturated rings. The van der Waals surface area contributed by atoms with E-state index < -0.39 is 0 Å². The number of rotatable bonds is 2. The molecule has 0 saturated carbocycles. The Labute approximate surface area is 93.5 Å². The number of nitrogens with two attached hydrogens (primary N) is 1. The summed E-state index contributed by atoms with van der Waals surface area (Å²) in [6.45, 7) is 1.92. The van der Waals surface area contributed by atoms with Crippen LogP contribution in [0, 0.1) is 0 Å². The van der Waals surface area contributed by atoms with Crippen LogP contribution in [0.3, 0.4) is 0 Å². The Morgan fingerprint density at radius 1 is 1.40 bits per heavy atom. The van der Waals surface area contributed by atoms with Crippen molar-refractivity contribution in [1.82, 2.24) is 9.78 Å². The minimum absolute atomic E-state index is 0.0127. The van der Waals surface area contributed by atoms with Crippen LogP contribution < -0.4 is 5.73 Å². The molecule has 1 unspecified atom stereocenters. The molecule has 0 radical (unpaired) electrons. The van der Waals surface area contributed by atoms with Gasteiger partial charge in [-0.1, -0.05) is 23.7 Å². The van der Waals surface area contributed by atoms with Crippen LogP contribution in [0.4, 0.5) is 0 Å². The van der Waals surface area contributed by atoms with E-state index in [0.29, 0.717) is 5.02 Å². The zero-order valence-electron chi connectivity index (χ0n) is 8.39. The highest BCUT2D eigenvalue weighted by molar-refractivity contribution is 6.32. The van der Waals surface area contributed by atoms with Crippen molar-refractivity contribution in [3.8, 4) is 5.69 Å². The fourth-order valence-electron chi connectivity index (χ4n) is 1.34. The second-order valence-corrected chi connectivity index (χ2v) is 3.87. The van der Waals surface area contributed by atoms with E-state index in [2.05, 4.69) is 5.10 Å². The second kappa shape index (κ2) is 4.04. The summed E-state index contributed by atoms with van der Waals surface area (Å²) in [5.41, 5.74) is 7.62. The van der Waals surface area contributed by atoms with Gasteiger partial charge in [-0.05, 0) is 19.1 Å². The molecule has 2 N–H and O–H groups in total. The van der Waals surface area contributed by atoms with Gasteiger partial charge in [-0.15, -0.1) is 0 Å². The van der Waals surface area contributed by atoms with Crippen molar-refractivity contribution in [3.05, 3.63) is 47.2 Å². The van der Waals surface area contributed by atoms with Crippen molar-refractivity contribution >= 4 is 11.6 Å². The molecule has 0 amide bonds. The van der Waals surface area contributed by atoms with Crippen LogP contribution in [0.15, 0.2) is 36.7 Å². The van der Waals surface area contributed by atoms with Gasteiger partial charge in [-0.2, -0.15) is 5.10 Å². The summed E-state index contributed by atoms with van der Waals surface area (Å²) < 4.78 is 1.74. The molecule has 0 spiro atoms. The zero-order chi connectivity index (χ0) is 10.8. The maximum absolute atomic E-state index is 6.06. The second-order valence-electron chi connectivity index (χ2n) is 3.46. The predicted molar refractivity (Wildman–Crippen MR) is 61.2 cm³/mol. The van der Waals surface area contributed by atoms with Crippen LogP contribution >= 0.6 is 11.6 Å². The average Bonchev–Trinajstić information content (AvgIpc) is 2.67. The minimum atomic E-state index is -0.0127. The van der Waals surface area contributed by atoms with Gasteiger partial charge in [0, 0.05) is 17.8 Å². The molecule has 0 aliphatic rings. The lowest BCUT2D eigenvalue weighted by Gasteiger charge is -2.03. The molecule has 3 nitrogen and oxygen atoms in total. The lowest BCUT2D eigenvalue weighted by Crippen LogP contribution is -2.03. The standard InChI is InChI=1S/C11H12ClN3/c1-8(13)9-6-14-15(7-9)11-5-3-2-4-10(11)12/h2-8H,13H2,1H3. The average molecular weight is 222 g/mol. The van der Waals surface area contributed by atoms with Crippen molar-refractivity contribution in [2.45, 2.75) is 13.0 Å². The van der Waals surface area contributed by atoms with E-state index in [9.17, 15) is 0 Å². The summed E-state index contributed by atoms with van der Waals surface area (Å²) in [5.74, 6) is 0. The molecular weight excluding hydrogens is 210 g/mol. The molecule has 1 aromatic heterocycles. The zero-order valence-corrected chi connectivity index (χ0v) is 9.15. The van der Waals surface area contributed by atoms with Crippen LogP contribution in [-0.4, -0.2) is 9.78 Å². The van der Waals surface area contributed by atoms with E-state index in [-0.39, 0.29) is 6.04 Å². The molecule has 15 heavy (non-hydrogen) atoms. The van der Waals surface area contributed by atoms with Crippen LogP contribution in [0.1, 0.15) is 18.5 Å². The summed E-state index contributed by atoms with van der Waals surface area (Å²) in [6.07, 6.45) is 3.65.